The van der Waals surface area contributed by atoms with Crippen LogP contribution in [0.15, 0.2) is 15.4 Å². The smallest absolute Gasteiger partial charge is 0.289 e. The molecule has 6 nitrogen and oxygen atoms in total. The summed E-state index contributed by atoms with van der Waals surface area (Å²) in [7, 11) is -3.71. The van der Waals surface area contributed by atoms with Gasteiger partial charge in [0, 0.05) is 30.1 Å². The van der Waals surface area contributed by atoms with Gasteiger partial charge in [-0.3, -0.25) is 4.79 Å². The lowest BCUT2D eigenvalue weighted by molar-refractivity contribution is 0.0731. The maximum absolute atomic E-state index is 13.1. The zero-order chi connectivity index (χ0) is 20.1. The number of hydrogen-bond donors (Lipinski definition) is 1. The summed E-state index contributed by atoms with van der Waals surface area (Å²) in [5, 5.41) is 0.706. The SMILES string of the molecule is Cc1cc2c(C)c(C(=O)N3CCCCCC3)oc2c(S(=O)(=O)NC2CC2)c1C. The van der Waals surface area contributed by atoms with Gasteiger partial charge in [-0.1, -0.05) is 12.8 Å². The number of rotatable bonds is 4. The minimum atomic E-state index is -3.71. The molecule has 1 aromatic carbocycles. The molecule has 1 aliphatic heterocycles. The van der Waals surface area contributed by atoms with E-state index in [-0.39, 0.29) is 22.6 Å². The van der Waals surface area contributed by atoms with Crippen LogP contribution in [0.4, 0.5) is 0 Å². The van der Waals surface area contributed by atoms with E-state index in [9.17, 15) is 13.2 Å². The van der Waals surface area contributed by atoms with E-state index >= 15 is 0 Å². The van der Waals surface area contributed by atoms with E-state index in [2.05, 4.69) is 4.72 Å². The lowest BCUT2D eigenvalue weighted by Crippen LogP contribution is -2.31. The molecule has 1 aromatic heterocycles. The first-order valence-corrected chi connectivity index (χ1v) is 11.6. The maximum atomic E-state index is 13.1. The van der Waals surface area contributed by atoms with E-state index in [0.717, 1.165) is 62.7 Å². The molecule has 1 aliphatic carbocycles. The Hall–Kier alpha value is -1.86. The summed E-state index contributed by atoms with van der Waals surface area (Å²) in [6.07, 6.45) is 5.99. The predicted molar refractivity (Wildman–Crippen MR) is 108 cm³/mol. The summed E-state index contributed by atoms with van der Waals surface area (Å²) in [6, 6.07) is 1.94. The number of furan rings is 1. The summed E-state index contributed by atoms with van der Waals surface area (Å²) in [4.78, 5) is 15.1. The van der Waals surface area contributed by atoms with Gasteiger partial charge in [-0.2, -0.15) is 0 Å². The molecule has 152 valence electrons. The van der Waals surface area contributed by atoms with Crippen LogP contribution in [-0.4, -0.2) is 38.4 Å². The number of nitrogens with one attached hydrogen (secondary N) is 1. The predicted octanol–water partition coefficient (Wildman–Crippen LogP) is 3.81. The quantitative estimate of drug-likeness (QED) is 0.840. The molecule has 2 heterocycles. The third-order valence-electron chi connectivity index (χ3n) is 5.95. The van der Waals surface area contributed by atoms with E-state index < -0.39 is 10.0 Å². The normalized spacial score (nSPS) is 18.5. The molecule has 1 saturated carbocycles. The Labute approximate surface area is 166 Å². The van der Waals surface area contributed by atoms with Crippen molar-refractivity contribution in [3.05, 3.63) is 28.5 Å². The van der Waals surface area contributed by atoms with Gasteiger partial charge in [0.2, 0.25) is 10.0 Å². The van der Waals surface area contributed by atoms with Crippen molar-refractivity contribution < 1.29 is 17.6 Å². The van der Waals surface area contributed by atoms with Gasteiger partial charge >= 0.3 is 0 Å². The lowest BCUT2D eigenvalue weighted by Gasteiger charge is -2.19. The van der Waals surface area contributed by atoms with Crippen molar-refractivity contribution >= 4 is 26.9 Å². The van der Waals surface area contributed by atoms with Crippen LogP contribution in [0, 0.1) is 20.8 Å². The van der Waals surface area contributed by atoms with E-state index in [1.165, 1.54) is 0 Å². The van der Waals surface area contributed by atoms with Crippen LogP contribution in [0.25, 0.3) is 11.0 Å². The van der Waals surface area contributed by atoms with Crippen LogP contribution in [0.5, 0.6) is 0 Å². The number of hydrogen-bond acceptors (Lipinski definition) is 4. The maximum Gasteiger partial charge on any atom is 0.289 e. The molecule has 0 radical (unpaired) electrons. The Kier molecular flexibility index (Phi) is 5.00. The molecule has 28 heavy (non-hydrogen) atoms. The van der Waals surface area contributed by atoms with Gasteiger partial charge in [0.1, 0.15) is 4.90 Å². The van der Waals surface area contributed by atoms with E-state index in [1.807, 2.05) is 24.8 Å². The fraction of sp³-hybridized carbons (Fsp3) is 0.571. The largest absolute Gasteiger partial charge is 0.449 e. The lowest BCUT2D eigenvalue weighted by atomic mass is 10.0. The molecule has 2 fully saturated rings. The standard InChI is InChI=1S/C21H28N2O4S/c1-13-12-17-15(3)18(21(24)23-10-6-4-5-7-11-23)27-19(17)20(14(13)2)28(25,26)22-16-8-9-16/h12,16,22H,4-11H2,1-3H3. The number of aryl methyl sites for hydroxylation is 2. The molecular weight excluding hydrogens is 376 g/mol. The highest BCUT2D eigenvalue weighted by molar-refractivity contribution is 7.89. The average molecular weight is 405 g/mol. The highest BCUT2D eigenvalue weighted by Gasteiger charge is 2.33. The molecule has 0 spiro atoms. The summed E-state index contributed by atoms with van der Waals surface area (Å²) >= 11 is 0. The Morgan fingerprint density at radius 1 is 1.07 bits per heavy atom. The van der Waals surface area contributed by atoms with Gasteiger partial charge in [0.15, 0.2) is 11.3 Å². The van der Waals surface area contributed by atoms with Gasteiger partial charge in [0.25, 0.3) is 5.91 Å². The molecule has 2 aromatic rings. The van der Waals surface area contributed by atoms with Gasteiger partial charge in [0.05, 0.1) is 0 Å². The Bertz CT molecular complexity index is 1030. The number of sulfonamides is 1. The van der Waals surface area contributed by atoms with Crippen LogP contribution in [0.2, 0.25) is 0 Å². The van der Waals surface area contributed by atoms with Crippen LogP contribution in [-0.2, 0) is 10.0 Å². The third kappa shape index (κ3) is 3.46. The topological polar surface area (TPSA) is 79.6 Å². The molecule has 1 N–H and O–H groups in total. The van der Waals surface area contributed by atoms with E-state index in [0.29, 0.717) is 16.5 Å². The van der Waals surface area contributed by atoms with Crippen molar-refractivity contribution in [2.75, 3.05) is 13.1 Å². The molecule has 4 rings (SSSR count). The molecule has 7 heteroatoms. The number of benzene rings is 1. The van der Waals surface area contributed by atoms with E-state index in [1.54, 1.807) is 6.92 Å². The van der Waals surface area contributed by atoms with Crippen LogP contribution in [0.3, 0.4) is 0 Å². The van der Waals surface area contributed by atoms with Crippen molar-refractivity contribution in [1.29, 1.82) is 0 Å². The first kappa shape index (κ1) is 19.5. The molecule has 0 unspecified atom stereocenters. The van der Waals surface area contributed by atoms with Crippen molar-refractivity contribution in [2.45, 2.75) is 70.2 Å². The summed E-state index contributed by atoms with van der Waals surface area (Å²) in [5.74, 6) is 0.133. The molecule has 1 saturated heterocycles. The first-order chi connectivity index (χ1) is 13.3. The first-order valence-electron chi connectivity index (χ1n) is 10.1. The van der Waals surface area contributed by atoms with Crippen LogP contribution >= 0.6 is 0 Å². The highest BCUT2D eigenvalue weighted by Crippen LogP contribution is 2.36. The Balaban J connectivity index is 1.83. The number of nitrogens with zero attached hydrogens (tertiary/aromatic N) is 1. The van der Waals surface area contributed by atoms with Crippen LogP contribution < -0.4 is 4.72 Å². The number of carbonyl (C=O) groups excluding carboxylic acids is 1. The molecule has 0 atom stereocenters. The summed E-state index contributed by atoms with van der Waals surface area (Å²) in [6.45, 7) is 6.98. The van der Waals surface area contributed by atoms with Crippen molar-refractivity contribution in [2.24, 2.45) is 0 Å². The molecule has 0 bridgehead atoms. The van der Waals surface area contributed by atoms with Gasteiger partial charge in [-0.25, -0.2) is 13.1 Å². The summed E-state index contributed by atoms with van der Waals surface area (Å²) < 4.78 is 34.8. The second-order valence-corrected chi connectivity index (χ2v) is 9.83. The number of fused-ring (bicyclic) bond motifs is 1. The molecule has 2 aliphatic rings. The zero-order valence-corrected chi connectivity index (χ0v) is 17.6. The van der Waals surface area contributed by atoms with Gasteiger partial charge < -0.3 is 9.32 Å². The van der Waals surface area contributed by atoms with Crippen molar-refractivity contribution in [1.82, 2.24) is 9.62 Å². The Morgan fingerprint density at radius 3 is 2.32 bits per heavy atom. The number of carbonyl (C=O) groups is 1. The monoisotopic (exact) mass is 404 g/mol. The second kappa shape index (κ2) is 7.19. The van der Waals surface area contributed by atoms with Gasteiger partial charge in [-0.05, 0) is 63.6 Å². The Morgan fingerprint density at radius 2 is 1.71 bits per heavy atom. The minimum Gasteiger partial charge on any atom is -0.449 e. The summed E-state index contributed by atoms with van der Waals surface area (Å²) in [5.41, 5.74) is 2.56. The van der Waals surface area contributed by atoms with Crippen molar-refractivity contribution in [3.63, 3.8) is 0 Å². The highest BCUT2D eigenvalue weighted by atomic mass is 32.2. The van der Waals surface area contributed by atoms with Crippen molar-refractivity contribution in [3.8, 4) is 0 Å². The minimum absolute atomic E-state index is 0.00854. The molecule has 1 amide bonds. The van der Waals surface area contributed by atoms with E-state index in [4.69, 9.17) is 4.42 Å². The van der Waals surface area contributed by atoms with Gasteiger partial charge in [-0.15, -0.1) is 0 Å². The fourth-order valence-electron chi connectivity index (χ4n) is 3.97. The zero-order valence-electron chi connectivity index (χ0n) is 16.8. The molecular formula is C21H28N2O4S. The van der Waals surface area contributed by atoms with Crippen LogP contribution in [0.1, 0.15) is 65.8 Å². The number of amides is 1. The second-order valence-electron chi connectivity index (χ2n) is 8.18. The average Bonchev–Trinajstić information content (AvgIpc) is 3.43. The third-order valence-corrected chi connectivity index (χ3v) is 7.62. The number of likely N-dealkylation sites (tertiary alicyclic amines) is 1. The fourth-order valence-corrected chi connectivity index (χ4v) is 5.72.